The van der Waals surface area contributed by atoms with Crippen LogP contribution in [-0.2, 0) is 13.0 Å². The molecule has 0 aliphatic rings. The van der Waals surface area contributed by atoms with Crippen LogP contribution < -0.4 is 15.7 Å². The average Bonchev–Trinajstić information content (AvgIpc) is 2.41. The van der Waals surface area contributed by atoms with E-state index >= 15 is 0 Å². The maximum atomic E-state index is 12.0. The first-order valence-corrected chi connectivity index (χ1v) is 5.88. The molecule has 0 spiro atoms. The van der Waals surface area contributed by atoms with Crippen LogP contribution in [0.15, 0.2) is 46.1 Å². The first kappa shape index (κ1) is 14.0. The predicted octanol–water partition coefficient (Wildman–Crippen LogP) is 1.38. The fraction of sp³-hybridized carbons (Fsp3) is 0.231. The van der Waals surface area contributed by atoms with Crippen LogP contribution in [0.5, 0.6) is 5.75 Å². The number of nitrogens with zero attached hydrogens (tertiary/aromatic N) is 1. The summed E-state index contributed by atoms with van der Waals surface area (Å²) in [6.45, 7) is -2.56. The summed E-state index contributed by atoms with van der Waals surface area (Å²) in [6, 6.07) is 7.28. The summed E-state index contributed by atoms with van der Waals surface area (Å²) in [6.07, 6.45) is 1.87. The van der Waals surface area contributed by atoms with Gasteiger partial charge in [-0.05, 0) is 24.1 Å². The van der Waals surface area contributed by atoms with Crippen LogP contribution in [0.2, 0.25) is 0 Å². The Morgan fingerprint density at radius 3 is 2.50 bits per heavy atom. The van der Waals surface area contributed by atoms with Crippen molar-refractivity contribution in [3.05, 3.63) is 62.7 Å². The SMILES string of the molecule is O=c1cc[nH]n(CCc2ccc(OC(F)F)cc2)c1=O. The van der Waals surface area contributed by atoms with Crippen molar-refractivity contribution < 1.29 is 13.5 Å². The van der Waals surface area contributed by atoms with Crippen molar-refractivity contribution in [2.75, 3.05) is 0 Å². The number of hydrogen-bond acceptors (Lipinski definition) is 3. The van der Waals surface area contributed by atoms with E-state index in [-0.39, 0.29) is 5.75 Å². The van der Waals surface area contributed by atoms with Gasteiger partial charge in [0.25, 0.3) is 0 Å². The van der Waals surface area contributed by atoms with Gasteiger partial charge in [-0.1, -0.05) is 12.1 Å². The fourth-order valence-electron chi connectivity index (χ4n) is 1.71. The number of aromatic nitrogens is 2. The second-order valence-corrected chi connectivity index (χ2v) is 4.06. The molecule has 0 aliphatic carbocycles. The highest BCUT2D eigenvalue weighted by molar-refractivity contribution is 5.27. The van der Waals surface area contributed by atoms with Crippen LogP contribution in [0.1, 0.15) is 5.56 Å². The zero-order valence-corrected chi connectivity index (χ0v) is 10.4. The van der Waals surface area contributed by atoms with E-state index < -0.39 is 17.6 Å². The Balaban J connectivity index is 2.02. The Kier molecular flexibility index (Phi) is 4.29. The van der Waals surface area contributed by atoms with Gasteiger partial charge in [-0.25, -0.2) is 4.68 Å². The van der Waals surface area contributed by atoms with Crippen molar-refractivity contribution >= 4 is 0 Å². The summed E-state index contributed by atoms with van der Waals surface area (Å²) in [5.41, 5.74) is -0.363. The van der Waals surface area contributed by atoms with E-state index in [1.807, 2.05) is 0 Å². The number of hydrogen-bond donors (Lipinski definition) is 1. The molecule has 1 aromatic heterocycles. The quantitative estimate of drug-likeness (QED) is 0.843. The summed E-state index contributed by atoms with van der Waals surface area (Å²) in [4.78, 5) is 22.6. The van der Waals surface area contributed by atoms with Crippen LogP contribution in [0.4, 0.5) is 8.78 Å². The molecular formula is C13H12F2N2O3. The third-order valence-electron chi connectivity index (χ3n) is 2.69. The lowest BCUT2D eigenvalue weighted by atomic mass is 10.1. The first-order valence-electron chi connectivity index (χ1n) is 5.88. The van der Waals surface area contributed by atoms with Gasteiger partial charge >= 0.3 is 12.2 Å². The molecule has 0 saturated carbocycles. The molecule has 0 aliphatic heterocycles. The van der Waals surface area contributed by atoms with Crippen molar-refractivity contribution in [3.63, 3.8) is 0 Å². The van der Waals surface area contributed by atoms with Gasteiger partial charge in [-0.2, -0.15) is 8.78 Å². The van der Waals surface area contributed by atoms with Crippen molar-refractivity contribution in [1.29, 1.82) is 0 Å². The molecule has 7 heteroatoms. The van der Waals surface area contributed by atoms with E-state index in [1.165, 1.54) is 23.0 Å². The van der Waals surface area contributed by atoms with Gasteiger partial charge in [0.05, 0.1) is 0 Å². The molecule has 106 valence electrons. The Morgan fingerprint density at radius 2 is 1.85 bits per heavy atom. The van der Waals surface area contributed by atoms with Crippen LogP contribution in [0, 0.1) is 0 Å². The average molecular weight is 282 g/mol. The lowest BCUT2D eigenvalue weighted by Crippen LogP contribution is -2.35. The molecular weight excluding hydrogens is 270 g/mol. The lowest BCUT2D eigenvalue weighted by Gasteiger charge is -2.07. The Hall–Kier alpha value is -2.44. The van der Waals surface area contributed by atoms with E-state index in [1.54, 1.807) is 12.1 Å². The lowest BCUT2D eigenvalue weighted by molar-refractivity contribution is -0.0498. The number of rotatable bonds is 5. The zero-order valence-electron chi connectivity index (χ0n) is 10.4. The van der Waals surface area contributed by atoms with Gasteiger partial charge in [0.1, 0.15) is 5.75 Å². The normalized spacial score (nSPS) is 10.8. The van der Waals surface area contributed by atoms with Crippen LogP contribution in [-0.4, -0.2) is 16.4 Å². The van der Waals surface area contributed by atoms with Crippen molar-refractivity contribution in [3.8, 4) is 5.75 Å². The third kappa shape index (κ3) is 3.53. The number of aromatic amines is 1. The highest BCUT2D eigenvalue weighted by Crippen LogP contribution is 2.15. The monoisotopic (exact) mass is 282 g/mol. The van der Waals surface area contributed by atoms with Crippen molar-refractivity contribution in [1.82, 2.24) is 9.78 Å². The molecule has 2 aromatic rings. The summed E-state index contributed by atoms with van der Waals surface area (Å²) in [5, 5.41) is 2.67. The van der Waals surface area contributed by atoms with Gasteiger partial charge in [0.2, 0.25) is 5.43 Å². The van der Waals surface area contributed by atoms with E-state index in [2.05, 4.69) is 9.84 Å². The minimum atomic E-state index is -2.85. The van der Waals surface area contributed by atoms with E-state index in [9.17, 15) is 18.4 Å². The predicted molar refractivity (Wildman–Crippen MR) is 68.1 cm³/mol. The highest BCUT2D eigenvalue weighted by Gasteiger charge is 2.04. The topological polar surface area (TPSA) is 64.1 Å². The Bertz CT molecular complexity index is 677. The number of aryl methyl sites for hydroxylation is 2. The van der Waals surface area contributed by atoms with Gasteiger partial charge in [-0.15, -0.1) is 0 Å². The van der Waals surface area contributed by atoms with Crippen LogP contribution in [0.25, 0.3) is 0 Å². The molecule has 0 amide bonds. The molecule has 2 rings (SSSR count). The summed E-state index contributed by atoms with van der Waals surface area (Å²) < 4.78 is 29.4. The maximum Gasteiger partial charge on any atom is 0.387 e. The standard InChI is InChI=1S/C13H12F2N2O3/c14-13(15)20-10-3-1-9(2-4-10)6-8-17-12(19)11(18)5-7-16-17/h1-5,7,13,16H,6,8H2. The second-order valence-electron chi connectivity index (χ2n) is 4.06. The van der Waals surface area contributed by atoms with Gasteiger partial charge in [0.15, 0.2) is 0 Å². The van der Waals surface area contributed by atoms with Crippen LogP contribution >= 0.6 is 0 Å². The zero-order chi connectivity index (χ0) is 14.5. The summed E-state index contributed by atoms with van der Waals surface area (Å²) in [5.74, 6) is 0.0778. The van der Waals surface area contributed by atoms with Gasteiger partial charge < -0.3 is 9.84 Å². The molecule has 0 fully saturated rings. The van der Waals surface area contributed by atoms with Gasteiger partial charge in [0, 0.05) is 18.8 Å². The van der Waals surface area contributed by atoms with Gasteiger partial charge in [-0.3, -0.25) is 9.59 Å². The molecule has 1 heterocycles. The number of H-pyrrole nitrogens is 1. The maximum absolute atomic E-state index is 12.0. The first-order chi connectivity index (χ1) is 9.56. The van der Waals surface area contributed by atoms with Crippen molar-refractivity contribution in [2.24, 2.45) is 0 Å². The molecule has 0 radical (unpaired) electrons. The molecule has 0 unspecified atom stereocenters. The van der Waals surface area contributed by atoms with E-state index in [0.29, 0.717) is 13.0 Å². The fourth-order valence-corrected chi connectivity index (χ4v) is 1.71. The van der Waals surface area contributed by atoms with E-state index in [0.717, 1.165) is 11.6 Å². The minimum absolute atomic E-state index is 0.0778. The number of benzene rings is 1. The number of nitrogens with one attached hydrogen (secondary N) is 1. The van der Waals surface area contributed by atoms with Crippen LogP contribution in [0.3, 0.4) is 0 Å². The molecule has 1 N–H and O–H groups in total. The van der Waals surface area contributed by atoms with Crippen molar-refractivity contribution in [2.45, 2.75) is 19.6 Å². The molecule has 0 saturated heterocycles. The number of ether oxygens (including phenoxy) is 1. The number of alkyl halides is 2. The summed E-state index contributed by atoms with van der Waals surface area (Å²) in [7, 11) is 0. The molecule has 1 aromatic carbocycles. The van der Waals surface area contributed by atoms with E-state index in [4.69, 9.17) is 0 Å². The molecule has 20 heavy (non-hydrogen) atoms. The molecule has 0 bridgehead atoms. The Labute approximate surface area is 112 Å². The number of halogens is 2. The summed E-state index contributed by atoms with van der Waals surface area (Å²) >= 11 is 0. The molecule has 5 nitrogen and oxygen atoms in total. The minimum Gasteiger partial charge on any atom is -0.435 e. The molecule has 0 atom stereocenters. The highest BCUT2D eigenvalue weighted by atomic mass is 19.3. The third-order valence-corrected chi connectivity index (χ3v) is 2.69. The second kappa shape index (κ2) is 6.14. The largest absolute Gasteiger partial charge is 0.435 e. The smallest absolute Gasteiger partial charge is 0.387 e. The Morgan fingerprint density at radius 1 is 1.15 bits per heavy atom.